The van der Waals surface area contributed by atoms with Gasteiger partial charge in [-0.1, -0.05) is 28.1 Å². The van der Waals surface area contributed by atoms with Crippen molar-refractivity contribution in [2.24, 2.45) is 0 Å². The van der Waals surface area contributed by atoms with E-state index in [9.17, 15) is 9.59 Å². The van der Waals surface area contributed by atoms with Gasteiger partial charge in [0.15, 0.2) is 0 Å². The number of amides is 2. The fourth-order valence-corrected chi connectivity index (χ4v) is 4.20. The molecule has 26 heavy (non-hydrogen) atoms. The van der Waals surface area contributed by atoms with Gasteiger partial charge in [0.2, 0.25) is 5.91 Å². The molecule has 2 amide bonds. The van der Waals surface area contributed by atoms with Crippen LogP contribution in [0.25, 0.3) is 0 Å². The first-order valence-corrected chi connectivity index (χ1v) is 9.86. The van der Waals surface area contributed by atoms with Gasteiger partial charge in [-0.3, -0.25) is 9.59 Å². The molecule has 2 aliphatic rings. The Hall–Kier alpha value is -2.14. The number of carbonyl (C=O) groups is 2. The predicted octanol–water partition coefficient (Wildman–Crippen LogP) is 4.39. The normalized spacial score (nSPS) is 18.5. The zero-order valence-electron chi connectivity index (χ0n) is 14.5. The first-order chi connectivity index (χ1) is 12.6. The van der Waals surface area contributed by atoms with Gasteiger partial charge >= 0.3 is 0 Å². The second-order valence-electron chi connectivity index (χ2n) is 7.10. The molecule has 0 radical (unpaired) electrons. The second kappa shape index (κ2) is 6.88. The maximum Gasteiger partial charge on any atom is 0.251 e. The SMILES string of the molecule is O=C(NC1(c2cccc(Br)c2)CCC1)c1ccc(N2CCCC2=O)cc1. The quantitative estimate of drug-likeness (QED) is 0.809. The van der Waals surface area contributed by atoms with Crippen LogP contribution < -0.4 is 10.2 Å². The van der Waals surface area contributed by atoms with E-state index >= 15 is 0 Å². The molecule has 1 aliphatic heterocycles. The molecule has 0 unspecified atom stereocenters. The Kier molecular flexibility index (Phi) is 4.57. The van der Waals surface area contributed by atoms with Crippen LogP contribution in [0.1, 0.15) is 48.0 Å². The summed E-state index contributed by atoms with van der Waals surface area (Å²) in [6, 6.07) is 15.5. The molecular weight excluding hydrogens is 392 g/mol. The number of anilines is 1. The van der Waals surface area contributed by atoms with Gasteiger partial charge < -0.3 is 10.2 Å². The van der Waals surface area contributed by atoms with E-state index in [0.29, 0.717) is 12.0 Å². The molecule has 2 aromatic rings. The smallest absolute Gasteiger partial charge is 0.251 e. The minimum absolute atomic E-state index is 0.0658. The van der Waals surface area contributed by atoms with E-state index in [0.717, 1.165) is 48.0 Å². The Morgan fingerprint density at radius 1 is 1.08 bits per heavy atom. The summed E-state index contributed by atoms with van der Waals surface area (Å²) in [5.41, 5.74) is 2.37. The van der Waals surface area contributed by atoms with Crippen molar-refractivity contribution >= 4 is 33.4 Å². The highest BCUT2D eigenvalue weighted by Crippen LogP contribution is 2.42. The van der Waals surface area contributed by atoms with Gasteiger partial charge in [0.25, 0.3) is 5.91 Å². The highest BCUT2D eigenvalue weighted by Gasteiger charge is 2.40. The topological polar surface area (TPSA) is 49.4 Å². The molecule has 0 aromatic heterocycles. The molecule has 0 spiro atoms. The maximum absolute atomic E-state index is 12.8. The standard InChI is InChI=1S/C21H21BrN2O2/c22-17-5-1-4-16(14-17)21(11-3-12-21)23-20(26)15-7-9-18(10-8-15)24-13-2-6-19(24)25/h1,4-5,7-10,14H,2-3,6,11-13H2,(H,23,26). The average molecular weight is 413 g/mol. The third kappa shape index (κ3) is 3.16. The molecule has 5 heteroatoms. The van der Waals surface area contributed by atoms with Gasteiger partial charge in [0.05, 0.1) is 5.54 Å². The molecular formula is C21H21BrN2O2. The van der Waals surface area contributed by atoms with Crippen molar-refractivity contribution < 1.29 is 9.59 Å². The number of hydrogen-bond donors (Lipinski definition) is 1. The molecule has 0 bridgehead atoms. The lowest BCUT2D eigenvalue weighted by Crippen LogP contribution is -2.50. The van der Waals surface area contributed by atoms with Crippen molar-refractivity contribution in [1.82, 2.24) is 5.32 Å². The van der Waals surface area contributed by atoms with Crippen molar-refractivity contribution in [1.29, 1.82) is 0 Å². The van der Waals surface area contributed by atoms with Crippen molar-refractivity contribution in [3.05, 3.63) is 64.1 Å². The highest BCUT2D eigenvalue weighted by molar-refractivity contribution is 9.10. The largest absolute Gasteiger partial charge is 0.343 e. The Balaban J connectivity index is 1.51. The van der Waals surface area contributed by atoms with Gasteiger partial charge in [-0.15, -0.1) is 0 Å². The number of rotatable bonds is 4. The number of halogens is 1. The Morgan fingerprint density at radius 2 is 1.85 bits per heavy atom. The minimum atomic E-state index is -0.273. The van der Waals surface area contributed by atoms with E-state index in [2.05, 4.69) is 33.4 Å². The average Bonchev–Trinajstić information content (AvgIpc) is 3.04. The number of hydrogen-bond acceptors (Lipinski definition) is 2. The van der Waals surface area contributed by atoms with Gasteiger partial charge in [-0.25, -0.2) is 0 Å². The summed E-state index contributed by atoms with van der Waals surface area (Å²) >= 11 is 3.52. The van der Waals surface area contributed by atoms with Gasteiger partial charge in [-0.2, -0.15) is 0 Å². The van der Waals surface area contributed by atoms with Crippen LogP contribution in [0, 0.1) is 0 Å². The van der Waals surface area contributed by atoms with Gasteiger partial charge in [0, 0.05) is 28.7 Å². The van der Waals surface area contributed by atoms with Crippen LogP contribution in [-0.4, -0.2) is 18.4 Å². The van der Waals surface area contributed by atoms with Crippen LogP contribution in [-0.2, 0) is 10.3 Å². The van der Waals surface area contributed by atoms with Crippen LogP contribution in [0.15, 0.2) is 53.0 Å². The summed E-state index contributed by atoms with van der Waals surface area (Å²) in [7, 11) is 0. The molecule has 1 saturated carbocycles. The van der Waals surface area contributed by atoms with E-state index in [4.69, 9.17) is 0 Å². The Labute approximate surface area is 161 Å². The summed E-state index contributed by atoms with van der Waals surface area (Å²) in [5, 5.41) is 3.25. The molecule has 134 valence electrons. The summed E-state index contributed by atoms with van der Waals surface area (Å²) in [6.07, 6.45) is 4.53. The first-order valence-electron chi connectivity index (χ1n) is 9.06. The molecule has 1 N–H and O–H groups in total. The Morgan fingerprint density at radius 3 is 2.42 bits per heavy atom. The molecule has 2 fully saturated rings. The molecule has 0 atom stereocenters. The minimum Gasteiger partial charge on any atom is -0.343 e. The fraction of sp³-hybridized carbons (Fsp3) is 0.333. The van der Waals surface area contributed by atoms with Crippen LogP contribution in [0.3, 0.4) is 0 Å². The predicted molar refractivity (Wildman–Crippen MR) is 105 cm³/mol. The summed E-state index contributed by atoms with van der Waals surface area (Å²) in [5.74, 6) is 0.0919. The summed E-state index contributed by atoms with van der Waals surface area (Å²) in [6.45, 7) is 0.760. The number of nitrogens with zero attached hydrogens (tertiary/aromatic N) is 1. The fourth-order valence-electron chi connectivity index (χ4n) is 3.81. The maximum atomic E-state index is 12.8. The number of nitrogens with one attached hydrogen (secondary N) is 1. The monoisotopic (exact) mass is 412 g/mol. The highest BCUT2D eigenvalue weighted by atomic mass is 79.9. The third-order valence-corrected chi connectivity index (χ3v) is 5.94. The molecule has 1 saturated heterocycles. The lowest BCUT2D eigenvalue weighted by molar-refractivity contribution is -0.117. The van der Waals surface area contributed by atoms with Crippen molar-refractivity contribution in [3.8, 4) is 0 Å². The molecule has 2 aromatic carbocycles. The zero-order chi connectivity index (χ0) is 18.1. The number of carbonyl (C=O) groups excluding carboxylic acids is 2. The number of benzene rings is 2. The van der Waals surface area contributed by atoms with Gasteiger partial charge in [0.1, 0.15) is 0 Å². The van der Waals surface area contributed by atoms with Crippen LogP contribution in [0.5, 0.6) is 0 Å². The van der Waals surface area contributed by atoms with E-state index in [-0.39, 0.29) is 17.4 Å². The Bertz CT molecular complexity index is 843. The van der Waals surface area contributed by atoms with Crippen LogP contribution in [0.4, 0.5) is 5.69 Å². The summed E-state index contributed by atoms with van der Waals surface area (Å²) < 4.78 is 1.02. The van der Waals surface area contributed by atoms with Crippen molar-refractivity contribution in [2.75, 3.05) is 11.4 Å². The van der Waals surface area contributed by atoms with Crippen molar-refractivity contribution in [2.45, 2.75) is 37.6 Å². The van der Waals surface area contributed by atoms with E-state index in [1.54, 1.807) is 4.90 Å². The lowest BCUT2D eigenvalue weighted by atomic mass is 9.71. The second-order valence-corrected chi connectivity index (χ2v) is 8.01. The van der Waals surface area contributed by atoms with E-state index < -0.39 is 0 Å². The molecule has 1 aliphatic carbocycles. The van der Waals surface area contributed by atoms with E-state index in [1.807, 2.05) is 36.4 Å². The van der Waals surface area contributed by atoms with E-state index in [1.165, 1.54) is 0 Å². The van der Waals surface area contributed by atoms with Gasteiger partial charge in [-0.05, 0) is 67.6 Å². The first kappa shape index (κ1) is 17.3. The molecule has 4 nitrogen and oxygen atoms in total. The van der Waals surface area contributed by atoms with Crippen molar-refractivity contribution in [3.63, 3.8) is 0 Å². The third-order valence-electron chi connectivity index (χ3n) is 5.45. The zero-order valence-corrected chi connectivity index (χ0v) is 16.1. The summed E-state index contributed by atoms with van der Waals surface area (Å²) in [4.78, 5) is 26.4. The van der Waals surface area contributed by atoms with Crippen LogP contribution in [0.2, 0.25) is 0 Å². The molecule has 1 heterocycles. The van der Waals surface area contributed by atoms with Crippen LogP contribution >= 0.6 is 15.9 Å². The lowest BCUT2D eigenvalue weighted by Gasteiger charge is -2.43. The molecule has 4 rings (SSSR count).